The SMILES string of the molecule is FC(F)(F)c1cc(COC2CCCN(Cc3nc[nH]n3)C2c2ccccc2)cc(C(F)(F)F)c1. The number of H-pyrrole nitrogens is 1. The highest BCUT2D eigenvalue weighted by molar-refractivity contribution is 5.33. The number of piperidine rings is 1. The molecule has 0 aliphatic carbocycles. The standard InChI is InChI=1S/C23H22F6N4O/c24-22(25,26)17-9-15(10-18(11-17)23(27,28)29)13-34-19-7-4-8-33(12-20-30-14-31-32-20)21(19)16-5-2-1-3-6-16/h1-3,5-6,9-11,14,19,21H,4,7-8,12-13H2,(H,30,31,32). The molecule has 2 heterocycles. The Hall–Kier alpha value is -2.92. The Bertz CT molecular complexity index is 1040. The van der Waals surface area contributed by atoms with Gasteiger partial charge in [0.1, 0.15) is 6.33 Å². The number of ether oxygens (including phenoxy) is 1. The number of aromatic nitrogens is 3. The number of aromatic amines is 1. The molecule has 0 bridgehead atoms. The zero-order valence-corrected chi connectivity index (χ0v) is 17.9. The lowest BCUT2D eigenvalue weighted by Crippen LogP contribution is -2.42. The van der Waals surface area contributed by atoms with Gasteiger partial charge in [-0.3, -0.25) is 10.00 Å². The maximum Gasteiger partial charge on any atom is 0.416 e. The molecule has 1 aliphatic rings. The van der Waals surface area contributed by atoms with Gasteiger partial charge in [-0.25, -0.2) is 4.98 Å². The summed E-state index contributed by atoms with van der Waals surface area (Å²) in [6.07, 6.45) is -7.43. The van der Waals surface area contributed by atoms with Crippen molar-refractivity contribution in [1.82, 2.24) is 20.1 Å². The van der Waals surface area contributed by atoms with Gasteiger partial charge in [0.15, 0.2) is 5.82 Å². The normalized spacial score (nSPS) is 19.9. The third kappa shape index (κ3) is 5.76. The summed E-state index contributed by atoms with van der Waals surface area (Å²) in [6, 6.07) is 10.7. The second-order valence-electron chi connectivity index (χ2n) is 8.15. The van der Waals surface area contributed by atoms with Crippen molar-refractivity contribution >= 4 is 0 Å². The first-order chi connectivity index (χ1) is 16.1. The van der Waals surface area contributed by atoms with E-state index < -0.39 is 29.6 Å². The molecule has 0 radical (unpaired) electrons. The zero-order chi connectivity index (χ0) is 24.3. The molecule has 11 heteroatoms. The van der Waals surface area contributed by atoms with E-state index in [1.54, 1.807) is 0 Å². The van der Waals surface area contributed by atoms with Crippen molar-refractivity contribution < 1.29 is 31.1 Å². The number of likely N-dealkylation sites (tertiary alicyclic amines) is 1. The molecule has 34 heavy (non-hydrogen) atoms. The maximum absolute atomic E-state index is 13.2. The van der Waals surface area contributed by atoms with Crippen molar-refractivity contribution in [3.8, 4) is 0 Å². The fraction of sp³-hybridized carbons (Fsp3) is 0.391. The van der Waals surface area contributed by atoms with Gasteiger partial charge in [-0.2, -0.15) is 31.4 Å². The van der Waals surface area contributed by atoms with Crippen LogP contribution in [0.15, 0.2) is 54.9 Å². The summed E-state index contributed by atoms with van der Waals surface area (Å²) in [7, 11) is 0. The Balaban J connectivity index is 1.59. The molecule has 2 atom stereocenters. The van der Waals surface area contributed by atoms with Gasteiger partial charge in [0.25, 0.3) is 0 Å². The lowest BCUT2D eigenvalue weighted by atomic mass is 9.92. The van der Waals surface area contributed by atoms with E-state index in [-0.39, 0.29) is 24.3 Å². The van der Waals surface area contributed by atoms with E-state index in [4.69, 9.17) is 4.74 Å². The van der Waals surface area contributed by atoms with Crippen LogP contribution in [0.3, 0.4) is 0 Å². The Morgan fingerprint density at radius 1 is 0.971 bits per heavy atom. The fourth-order valence-electron chi connectivity index (χ4n) is 4.25. The van der Waals surface area contributed by atoms with Crippen molar-refractivity contribution in [2.45, 2.75) is 50.5 Å². The highest BCUT2D eigenvalue weighted by atomic mass is 19.4. The van der Waals surface area contributed by atoms with Crippen LogP contribution in [0.25, 0.3) is 0 Å². The maximum atomic E-state index is 13.2. The molecule has 182 valence electrons. The van der Waals surface area contributed by atoms with Crippen LogP contribution in [-0.2, 0) is 30.2 Å². The summed E-state index contributed by atoms with van der Waals surface area (Å²) < 4.78 is 85.3. The van der Waals surface area contributed by atoms with Crippen molar-refractivity contribution in [2.24, 2.45) is 0 Å². The molecule has 3 aromatic rings. The number of hydrogen-bond donors (Lipinski definition) is 1. The molecule has 5 nitrogen and oxygen atoms in total. The lowest BCUT2D eigenvalue weighted by Gasteiger charge is -2.41. The molecule has 1 fully saturated rings. The number of nitrogens with zero attached hydrogens (tertiary/aromatic N) is 3. The molecular formula is C23H22F6N4O. The van der Waals surface area contributed by atoms with Crippen LogP contribution < -0.4 is 0 Å². The van der Waals surface area contributed by atoms with Crippen LogP contribution in [0.2, 0.25) is 0 Å². The fourth-order valence-corrected chi connectivity index (χ4v) is 4.25. The summed E-state index contributed by atoms with van der Waals surface area (Å²) in [5.74, 6) is 0.578. The molecule has 0 saturated carbocycles. The van der Waals surface area contributed by atoms with Gasteiger partial charge < -0.3 is 4.74 Å². The van der Waals surface area contributed by atoms with Gasteiger partial charge in [-0.1, -0.05) is 30.3 Å². The minimum absolute atomic E-state index is 0.121. The molecule has 4 rings (SSSR count). The van der Waals surface area contributed by atoms with Crippen molar-refractivity contribution in [3.05, 3.63) is 82.9 Å². The van der Waals surface area contributed by atoms with E-state index in [9.17, 15) is 26.3 Å². The Labute approximate surface area is 191 Å². The second-order valence-corrected chi connectivity index (χ2v) is 8.15. The van der Waals surface area contributed by atoms with Crippen LogP contribution >= 0.6 is 0 Å². The summed E-state index contributed by atoms with van der Waals surface area (Å²) in [5, 5.41) is 6.75. The van der Waals surface area contributed by atoms with Crippen LogP contribution in [0.5, 0.6) is 0 Å². The van der Waals surface area contributed by atoms with Gasteiger partial charge in [0.2, 0.25) is 0 Å². The Kier molecular flexibility index (Phi) is 6.94. The molecule has 1 N–H and O–H groups in total. The topological polar surface area (TPSA) is 54.0 Å². The van der Waals surface area contributed by atoms with E-state index in [2.05, 4.69) is 20.1 Å². The number of benzene rings is 2. The predicted octanol–water partition coefficient (Wildman–Crippen LogP) is 5.76. The van der Waals surface area contributed by atoms with Crippen LogP contribution in [-0.4, -0.2) is 32.7 Å². The first-order valence-electron chi connectivity index (χ1n) is 10.6. The van der Waals surface area contributed by atoms with E-state index in [1.807, 2.05) is 30.3 Å². The minimum atomic E-state index is -4.90. The number of hydrogen-bond acceptors (Lipinski definition) is 4. The van der Waals surface area contributed by atoms with E-state index in [1.165, 1.54) is 6.33 Å². The lowest BCUT2D eigenvalue weighted by molar-refractivity contribution is -0.143. The average Bonchev–Trinajstić information content (AvgIpc) is 3.30. The van der Waals surface area contributed by atoms with Gasteiger partial charge in [0.05, 0.1) is 36.4 Å². The monoisotopic (exact) mass is 484 g/mol. The molecule has 1 aromatic heterocycles. The molecule has 0 spiro atoms. The van der Waals surface area contributed by atoms with Crippen molar-refractivity contribution in [1.29, 1.82) is 0 Å². The molecular weight excluding hydrogens is 462 g/mol. The number of nitrogens with one attached hydrogen (secondary N) is 1. The van der Waals surface area contributed by atoms with Crippen molar-refractivity contribution in [3.63, 3.8) is 0 Å². The van der Waals surface area contributed by atoms with E-state index in [0.29, 0.717) is 30.9 Å². The summed E-state index contributed by atoms with van der Waals surface area (Å²) in [5.41, 5.74) is -1.95. The largest absolute Gasteiger partial charge is 0.416 e. The number of halogens is 6. The predicted molar refractivity (Wildman–Crippen MR) is 110 cm³/mol. The number of alkyl halides is 6. The quantitative estimate of drug-likeness (QED) is 0.452. The van der Waals surface area contributed by atoms with Crippen LogP contribution in [0.1, 0.15) is 47.0 Å². The van der Waals surface area contributed by atoms with Gasteiger partial charge in [0, 0.05) is 0 Å². The summed E-state index contributed by atoms with van der Waals surface area (Å²) in [6.45, 7) is 0.760. The first-order valence-corrected chi connectivity index (χ1v) is 10.6. The average molecular weight is 484 g/mol. The van der Waals surface area contributed by atoms with Gasteiger partial charge in [-0.15, -0.1) is 0 Å². The molecule has 1 saturated heterocycles. The van der Waals surface area contributed by atoms with Gasteiger partial charge >= 0.3 is 12.4 Å². The second kappa shape index (κ2) is 9.75. The third-order valence-corrected chi connectivity index (χ3v) is 5.74. The number of rotatable bonds is 6. The smallest absolute Gasteiger partial charge is 0.372 e. The highest BCUT2D eigenvalue weighted by Gasteiger charge is 2.38. The third-order valence-electron chi connectivity index (χ3n) is 5.74. The Morgan fingerprint density at radius 2 is 1.65 bits per heavy atom. The summed E-state index contributed by atoms with van der Waals surface area (Å²) in [4.78, 5) is 6.27. The zero-order valence-electron chi connectivity index (χ0n) is 17.9. The van der Waals surface area contributed by atoms with Crippen LogP contribution in [0, 0.1) is 0 Å². The van der Waals surface area contributed by atoms with Gasteiger partial charge in [-0.05, 0) is 48.7 Å². The first kappa shape index (κ1) is 24.2. The minimum Gasteiger partial charge on any atom is -0.372 e. The van der Waals surface area contributed by atoms with E-state index >= 15 is 0 Å². The molecule has 2 aromatic carbocycles. The van der Waals surface area contributed by atoms with E-state index in [0.717, 1.165) is 18.5 Å². The Morgan fingerprint density at radius 3 is 2.24 bits per heavy atom. The molecule has 1 aliphatic heterocycles. The molecule has 0 amide bonds. The van der Waals surface area contributed by atoms with Crippen molar-refractivity contribution in [2.75, 3.05) is 6.54 Å². The molecule has 2 unspecified atom stereocenters. The highest BCUT2D eigenvalue weighted by Crippen LogP contribution is 2.38. The summed E-state index contributed by atoms with van der Waals surface area (Å²) >= 11 is 0. The van der Waals surface area contributed by atoms with Crippen LogP contribution in [0.4, 0.5) is 26.3 Å².